The number of anilines is 4. The van der Waals surface area contributed by atoms with Crippen LogP contribution in [-0.4, -0.2) is 148 Å². The molecule has 4 aromatic rings. The number of aromatic nitrogens is 4. The number of rotatable bonds is 10. The minimum atomic E-state index is -0.604. The highest BCUT2D eigenvalue weighted by atomic mass is 16.5. The maximum atomic E-state index is 14.6. The summed E-state index contributed by atoms with van der Waals surface area (Å²) in [6.07, 6.45) is 0.666. The first-order valence-electron chi connectivity index (χ1n) is 19.9. The van der Waals surface area contributed by atoms with Crippen molar-refractivity contribution in [3.63, 3.8) is 0 Å². The standard InChI is InChI=1S/C41H48N10O5/c52-35-19-50(17-33(35)48-11-9-25-5-1-3-7-27(25)15-48)40-44-31(13-37(46-40)42-29-21-55-22-29)39(54)32-14-38(43-30-23-56-24-30)47-41(45-32)51-18-34(36(53)20-51)49-12-10-26-6-2-4-8-28(26)16-49/h1-8,13-14,29-30,33-36,52-53H,9-12,15-24H2,(H,42,44,46)(H,43,45,47)/t33-,34-,35+,36+/m1/s1. The third-order valence-electron chi connectivity index (χ3n) is 12.2. The van der Waals surface area contributed by atoms with Gasteiger partial charge < -0.3 is 40.1 Å². The summed E-state index contributed by atoms with van der Waals surface area (Å²) in [5.41, 5.74) is 5.69. The fourth-order valence-electron chi connectivity index (χ4n) is 8.90. The second-order valence-electron chi connectivity index (χ2n) is 16.0. The molecule has 2 aromatic heterocycles. The molecule has 0 saturated carbocycles. The van der Waals surface area contributed by atoms with Gasteiger partial charge in [0.25, 0.3) is 0 Å². The number of ketones is 1. The fraction of sp³-hybridized carbons (Fsp3) is 0.488. The van der Waals surface area contributed by atoms with Crippen molar-refractivity contribution in [1.82, 2.24) is 29.7 Å². The number of carbonyl (C=O) groups is 1. The molecule has 2 aromatic carbocycles. The molecule has 4 N–H and O–H groups in total. The van der Waals surface area contributed by atoms with E-state index in [1.54, 1.807) is 12.1 Å². The summed E-state index contributed by atoms with van der Waals surface area (Å²) in [4.78, 5) is 42.6. The first kappa shape index (κ1) is 35.6. The number of aliphatic hydroxyl groups is 2. The van der Waals surface area contributed by atoms with Crippen LogP contribution in [0.1, 0.15) is 38.4 Å². The normalized spacial score (nSPS) is 25.7. The van der Waals surface area contributed by atoms with Crippen LogP contribution in [0.4, 0.5) is 23.5 Å². The van der Waals surface area contributed by atoms with Crippen molar-refractivity contribution in [3.05, 3.63) is 94.3 Å². The van der Waals surface area contributed by atoms with Gasteiger partial charge in [-0.05, 0) is 35.1 Å². The largest absolute Gasteiger partial charge is 0.390 e. The van der Waals surface area contributed by atoms with Crippen LogP contribution in [0.15, 0.2) is 60.7 Å². The van der Waals surface area contributed by atoms with Crippen LogP contribution < -0.4 is 20.4 Å². The molecule has 56 heavy (non-hydrogen) atoms. The zero-order chi connectivity index (χ0) is 37.8. The monoisotopic (exact) mass is 760 g/mol. The van der Waals surface area contributed by atoms with Crippen LogP contribution >= 0.6 is 0 Å². The molecule has 0 bridgehead atoms. The van der Waals surface area contributed by atoms with Crippen molar-refractivity contribution in [2.75, 3.05) is 86.1 Å². The second-order valence-corrected chi connectivity index (χ2v) is 16.0. The molecule has 8 heterocycles. The van der Waals surface area contributed by atoms with Crippen molar-refractivity contribution in [1.29, 1.82) is 0 Å². The fourth-order valence-corrected chi connectivity index (χ4v) is 8.90. The Labute approximate surface area is 325 Å². The Kier molecular flexibility index (Phi) is 9.51. The molecule has 0 aliphatic carbocycles. The Morgan fingerprint density at radius 1 is 0.607 bits per heavy atom. The highest BCUT2D eigenvalue weighted by Crippen LogP contribution is 2.30. The minimum absolute atomic E-state index is 0.0695. The van der Waals surface area contributed by atoms with Crippen LogP contribution in [0, 0.1) is 0 Å². The van der Waals surface area contributed by atoms with E-state index in [2.05, 4.69) is 69.0 Å². The number of carbonyl (C=O) groups excluding carboxylic acids is 1. The molecule has 0 spiro atoms. The number of aliphatic hydroxyl groups excluding tert-OH is 2. The lowest BCUT2D eigenvalue weighted by Gasteiger charge is -2.34. The van der Waals surface area contributed by atoms with Gasteiger partial charge in [0.1, 0.15) is 23.0 Å². The zero-order valence-electron chi connectivity index (χ0n) is 31.3. The predicted octanol–water partition coefficient (Wildman–Crippen LogP) is 1.33. The highest BCUT2D eigenvalue weighted by Gasteiger charge is 2.40. The van der Waals surface area contributed by atoms with Crippen molar-refractivity contribution in [2.24, 2.45) is 0 Å². The Hall–Kier alpha value is -4.77. The van der Waals surface area contributed by atoms with Crippen LogP contribution in [0.5, 0.6) is 0 Å². The third-order valence-corrected chi connectivity index (χ3v) is 12.2. The van der Waals surface area contributed by atoms with Crippen LogP contribution in [0.25, 0.3) is 0 Å². The summed E-state index contributed by atoms with van der Waals surface area (Å²) in [6.45, 7) is 7.23. The molecular formula is C41H48N10O5. The molecular weight excluding hydrogens is 713 g/mol. The van der Waals surface area contributed by atoms with Crippen LogP contribution in [0.3, 0.4) is 0 Å². The topological polar surface area (TPSA) is 165 Å². The summed E-state index contributed by atoms with van der Waals surface area (Å²) in [6, 6.07) is 20.3. The molecule has 6 aliphatic heterocycles. The number of benzene rings is 2. The highest BCUT2D eigenvalue weighted by molar-refractivity contribution is 6.07. The maximum absolute atomic E-state index is 14.6. The molecule has 4 fully saturated rings. The number of hydrogen-bond acceptors (Lipinski definition) is 15. The summed E-state index contributed by atoms with van der Waals surface area (Å²) >= 11 is 0. The molecule has 0 unspecified atom stereocenters. The average molecular weight is 761 g/mol. The van der Waals surface area contributed by atoms with E-state index in [-0.39, 0.29) is 41.3 Å². The van der Waals surface area contributed by atoms with E-state index in [9.17, 15) is 15.0 Å². The second kappa shape index (κ2) is 15.0. The van der Waals surface area contributed by atoms with Crippen LogP contribution in [0.2, 0.25) is 0 Å². The van der Waals surface area contributed by atoms with Gasteiger partial charge in [0, 0.05) is 64.5 Å². The van der Waals surface area contributed by atoms with Gasteiger partial charge in [-0.25, -0.2) is 9.97 Å². The molecule has 6 aliphatic rings. The summed E-state index contributed by atoms with van der Waals surface area (Å²) < 4.78 is 10.8. The van der Waals surface area contributed by atoms with Gasteiger partial charge in [-0.15, -0.1) is 0 Å². The molecule has 15 heteroatoms. The summed E-state index contributed by atoms with van der Waals surface area (Å²) in [5.74, 6) is 1.43. The quantitative estimate of drug-likeness (QED) is 0.171. The van der Waals surface area contributed by atoms with Gasteiger partial charge in [0.2, 0.25) is 17.7 Å². The predicted molar refractivity (Wildman–Crippen MR) is 209 cm³/mol. The number of ether oxygens (including phenoxy) is 2. The first-order chi connectivity index (χ1) is 27.4. The summed E-state index contributed by atoms with van der Waals surface area (Å²) in [5, 5.41) is 29.6. The molecule has 10 rings (SSSR count). The maximum Gasteiger partial charge on any atom is 0.230 e. The molecule has 4 atom stereocenters. The van der Waals surface area contributed by atoms with E-state index < -0.39 is 12.2 Å². The van der Waals surface area contributed by atoms with Crippen molar-refractivity contribution >= 4 is 29.3 Å². The van der Waals surface area contributed by atoms with Gasteiger partial charge in [-0.2, -0.15) is 9.97 Å². The third kappa shape index (κ3) is 7.07. The minimum Gasteiger partial charge on any atom is -0.390 e. The van der Waals surface area contributed by atoms with E-state index >= 15 is 0 Å². The Morgan fingerprint density at radius 2 is 1.04 bits per heavy atom. The van der Waals surface area contributed by atoms with Gasteiger partial charge in [0.15, 0.2) is 0 Å². The molecule has 292 valence electrons. The lowest BCUT2D eigenvalue weighted by atomic mass is 9.98. The Bertz CT molecular complexity index is 1950. The number of nitrogens with zero attached hydrogens (tertiary/aromatic N) is 8. The van der Waals surface area contributed by atoms with Crippen molar-refractivity contribution < 1.29 is 24.5 Å². The SMILES string of the molecule is O=C(c1cc(NC2COC2)nc(N2C[C@@H](N3CCc4ccccc4C3)[C@@H](O)C2)n1)c1cc(NC2COC2)nc(N2C[C@@H](N3CCc4ccccc4C3)[C@@H](O)C2)n1. The van der Waals surface area contributed by atoms with Crippen LogP contribution in [-0.2, 0) is 35.4 Å². The van der Waals surface area contributed by atoms with Gasteiger partial charge in [-0.3, -0.25) is 14.6 Å². The lowest BCUT2D eigenvalue weighted by Crippen LogP contribution is -2.45. The number of hydrogen-bond donors (Lipinski definition) is 4. The number of β-amino-alcohol motifs (C(OH)–C–C–N with tert-alkyl or cyclic N) is 2. The average Bonchev–Trinajstić information content (AvgIpc) is 3.79. The van der Waals surface area contributed by atoms with Crippen molar-refractivity contribution in [3.8, 4) is 0 Å². The van der Waals surface area contributed by atoms with Gasteiger partial charge >= 0.3 is 0 Å². The van der Waals surface area contributed by atoms with Gasteiger partial charge in [0.05, 0.1) is 62.8 Å². The smallest absolute Gasteiger partial charge is 0.230 e. The summed E-state index contributed by atoms with van der Waals surface area (Å²) in [7, 11) is 0. The lowest BCUT2D eigenvalue weighted by molar-refractivity contribution is 0.0209. The number of nitrogens with one attached hydrogen (secondary N) is 2. The van der Waals surface area contributed by atoms with Gasteiger partial charge in [-0.1, -0.05) is 48.5 Å². The molecule has 0 radical (unpaired) electrons. The molecule has 15 nitrogen and oxygen atoms in total. The Balaban J connectivity index is 0.924. The molecule has 4 saturated heterocycles. The van der Waals surface area contributed by atoms with E-state index in [4.69, 9.17) is 29.4 Å². The van der Waals surface area contributed by atoms with E-state index in [0.29, 0.717) is 76.1 Å². The molecule has 0 amide bonds. The zero-order valence-corrected chi connectivity index (χ0v) is 31.3. The van der Waals surface area contributed by atoms with E-state index in [1.165, 1.54) is 22.3 Å². The van der Waals surface area contributed by atoms with E-state index in [0.717, 1.165) is 39.0 Å². The number of fused-ring (bicyclic) bond motifs is 2. The Morgan fingerprint density at radius 3 is 1.45 bits per heavy atom. The van der Waals surface area contributed by atoms with Crippen molar-refractivity contribution in [2.45, 2.75) is 62.3 Å². The van der Waals surface area contributed by atoms with E-state index in [1.807, 2.05) is 9.80 Å². The first-order valence-corrected chi connectivity index (χ1v) is 19.9.